The van der Waals surface area contributed by atoms with Crippen LogP contribution in [0, 0.1) is 0 Å². The fourth-order valence-electron chi connectivity index (χ4n) is 3.71. The predicted octanol–water partition coefficient (Wildman–Crippen LogP) is 2.57. The molecule has 0 aliphatic carbocycles. The van der Waals surface area contributed by atoms with Gasteiger partial charge in [0.15, 0.2) is 5.96 Å². The van der Waals surface area contributed by atoms with Crippen LogP contribution in [0.15, 0.2) is 35.5 Å². The lowest BCUT2D eigenvalue weighted by Crippen LogP contribution is -2.50. The molecule has 9 nitrogen and oxygen atoms in total. The summed E-state index contributed by atoms with van der Waals surface area (Å²) in [6.45, 7) is 4.23. The molecule has 2 aromatic rings. The minimum absolute atomic E-state index is 0. The fourth-order valence-corrected chi connectivity index (χ4v) is 3.71. The van der Waals surface area contributed by atoms with E-state index in [-0.39, 0.29) is 48.6 Å². The van der Waals surface area contributed by atoms with Gasteiger partial charge in [-0.3, -0.25) is 4.79 Å². The van der Waals surface area contributed by atoms with E-state index < -0.39 is 0 Å². The van der Waals surface area contributed by atoms with Gasteiger partial charge in [-0.25, -0.2) is 9.79 Å². The molecule has 0 unspecified atom stereocenters. The van der Waals surface area contributed by atoms with Gasteiger partial charge in [0.05, 0.1) is 6.61 Å². The number of guanidine groups is 1. The molecule has 10 heteroatoms. The van der Waals surface area contributed by atoms with Gasteiger partial charge in [0.25, 0.3) is 0 Å². The van der Waals surface area contributed by atoms with Gasteiger partial charge in [-0.1, -0.05) is 18.2 Å². The maximum atomic E-state index is 12.0. The number of ether oxygens (including phenoxy) is 1. The summed E-state index contributed by atoms with van der Waals surface area (Å²) in [4.78, 5) is 35.0. The molecule has 2 heterocycles. The molecule has 0 atom stereocenters. The molecule has 1 aromatic carbocycles. The summed E-state index contributed by atoms with van der Waals surface area (Å²) in [6, 6.07) is 8.41. The zero-order valence-electron chi connectivity index (χ0n) is 19.6. The number of nitrogens with one attached hydrogen (secondary N) is 3. The second kappa shape index (κ2) is 13.3. The first-order valence-electron chi connectivity index (χ1n) is 11.2. The van der Waals surface area contributed by atoms with E-state index in [2.05, 4.69) is 32.7 Å². The monoisotopic (exact) mass is 570 g/mol. The van der Waals surface area contributed by atoms with E-state index in [1.807, 2.05) is 25.3 Å². The molecular weight excluding hydrogens is 535 g/mol. The number of piperidine rings is 1. The molecule has 0 bridgehead atoms. The molecule has 182 valence electrons. The van der Waals surface area contributed by atoms with Gasteiger partial charge >= 0.3 is 6.09 Å². The van der Waals surface area contributed by atoms with E-state index in [4.69, 9.17) is 4.74 Å². The van der Waals surface area contributed by atoms with E-state index in [0.717, 1.165) is 24.8 Å². The molecule has 3 N–H and O–H groups in total. The fraction of sp³-hybridized carbons (Fsp3) is 0.522. The summed E-state index contributed by atoms with van der Waals surface area (Å²) in [5.74, 6) is 0.564. The van der Waals surface area contributed by atoms with Crippen LogP contribution in [0.3, 0.4) is 0 Å². The van der Waals surface area contributed by atoms with Crippen molar-refractivity contribution in [3.63, 3.8) is 0 Å². The number of H-pyrrole nitrogens is 1. The standard InChI is InChI=1S/C23H34N6O3.HI/c1-4-32-23(31)29-13-10-18(11-14-29)27-22(26-16-21(30)28(2)3)24-12-9-17-15-25-20-8-6-5-7-19(17)20;/h5-8,15,18,25H,4,9-14,16H2,1-3H3,(H2,24,26,27);1H. The third kappa shape index (κ3) is 7.79. The number of aromatic amines is 1. The number of aliphatic imine (C=N–C) groups is 1. The molecule has 1 aliphatic rings. The average molecular weight is 570 g/mol. The number of carbonyl (C=O) groups is 2. The van der Waals surface area contributed by atoms with E-state index in [1.165, 1.54) is 15.8 Å². The first-order chi connectivity index (χ1) is 15.5. The molecule has 0 spiro atoms. The van der Waals surface area contributed by atoms with Gasteiger partial charge in [-0.05, 0) is 37.8 Å². The zero-order valence-corrected chi connectivity index (χ0v) is 21.9. The highest BCUT2D eigenvalue weighted by Gasteiger charge is 2.24. The van der Waals surface area contributed by atoms with Crippen LogP contribution in [0.25, 0.3) is 10.9 Å². The summed E-state index contributed by atoms with van der Waals surface area (Å²) >= 11 is 0. The maximum absolute atomic E-state index is 12.0. The van der Waals surface area contributed by atoms with Crippen molar-refractivity contribution >= 4 is 52.8 Å². The quantitative estimate of drug-likeness (QED) is 0.270. The number of likely N-dealkylation sites (N-methyl/N-ethyl adjacent to an activating group) is 1. The lowest BCUT2D eigenvalue weighted by molar-refractivity contribution is -0.127. The number of rotatable bonds is 7. The summed E-state index contributed by atoms with van der Waals surface area (Å²) < 4.78 is 5.09. The zero-order chi connectivity index (χ0) is 22.9. The van der Waals surface area contributed by atoms with Crippen molar-refractivity contribution in [2.24, 2.45) is 4.99 Å². The lowest BCUT2D eigenvalue weighted by atomic mass is 10.1. The van der Waals surface area contributed by atoms with Crippen LogP contribution in [0.1, 0.15) is 25.3 Å². The highest BCUT2D eigenvalue weighted by molar-refractivity contribution is 14.0. The lowest BCUT2D eigenvalue weighted by Gasteiger charge is -2.32. The minimum Gasteiger partial charge on any atom is -0.450 e. The van der Waals surface area contributed by atoms with Crippen molar-refractivity contribution in [3.8, 4) is 0 Å². The summed E-state index contributed by atoms with van der Waals surface area (Å²) in [5.41, 5.74) is 2.36. The Morgan fingerprint density at radius 2 is 1.97 bits per heavy atom. The molecule has 3 rings (SSSR count). The number of benzene rings is 1. The van der Waals surface area contributed by atoms with Crippen LogP contribution in [0.4, 0.5) is 4.79 Å². The second-order valence-corrected chi connectivity index (χ2v) is 8.09. The Morgan fingerprint density at radius 1 is 1.24 bits per heavy atom. The largest absolute Gasteiger partial charge is 0.450 e. The number of amides is 2. The Hall–Kier alpha value is -2.50. The van der Waals surface area contributed by atoms with Crippen molar-refractivity contribution in [2.45, 2.75) is 32.2 Å². The highest BCUT2D eigenvalue weighted by atomic mass is 127. The minimum atomic E-state index is -0.256. The van der Waals surface area contributed by atoms with E-state index in [0.29, 0.717) is 32.2 Å². The smallest absolute Gasteiger partial charge is 0.409 e. The molecule has 2 amide bonds. The Bertz CT molecular complexity index is 937. The van der Waals surface area contributed by atoms with E-state index in [9.17, 15) is 9.59 Å². The molecule has 1 saturated heterocycles. The topological polar surface area (TPSA) is 102 Å². The van der Waals surface area contributed by atoms with Gasteiger partial charge in [-0.15, -0.1) is 24.0 Å². The van der Waals surface area contributed by atoms with Crippen LogP contribution < -0.4 is 10.6 Å². The molecule has 1 aliphatic heterocycles. The first-order valence-corrected chi connectivity index (χ1v) is 11.2. The third-order valence-corrected chi connectivity index (χ3v) is 5.59. The number of para-hydroxylation sites is 1. The number of nitrogens with zero attached hydrogens (tertiary/aromatic N) is 3. The number of hydrogen-bond donors (Lipinski definition) is 3. The molecule has 0 radical (unpaired) electrons. The van der Waals surface area contributed by atoms with Gasteiger partial charge in [0.2, 0.25) is 5.91 Å². The average Bonchev–Trinajstić information content (AvgIpc) is 3.20. The summed E-state index contributed by atoms with van der Waals surface area (Å²) in [7, 11) is 3.45. The number of halogens is 1. The SMILES string of the molecule is CCOC(=O)N1CCC(NC(=NCC(=O)N(C)C)NCCc2c[nH]c3ccccc23)CC1.I. The van der Waals surface area contributed by atoms with Crippen LogP contribution in [-0.2, 0) is 16.0 Å². The van der Waals surface area contributed by atoms with Crippen LogP contribution in [-0.4, -0.2) is 85.7 Å². The second-order valence-electron chi connectivity index (χ2n) is 8.09. The molecular formula is C23H35IN6O3. The van der Waals surface area contributed by atoms with Crippen molar-refractivity contribution in [3.05, 3.63) is 36.0 Å². The van der Waals surface area contributed by atoms with Crippen LogP contribution in [0.5, 0.6) is 0 Å². The van der Waals surface area contributed by atoms with Gasteiger partial charge in [-0.2, -0.15) is 0 Å². The predicted molar refractivity (Wildman–Crippen MR) is 141 cm³/mol. The number of hydrogen-bond acceptors (Lipinski definition) is 4. The Morgan fingerprint density at radius 3 is 2.67 bits per heavy atom. The molecule has 0 saturated carbocycles. The van der Waals surface area contributed by atoms with Crippen molar-refractivity contribution in [2.75, 3.05) is 46.9 Å². The Balaban J connectivity index is 0.00000385. The number of carbonyl (C=O) groups excluding carboxylic acids is 2. The Labute approximate surface area is 212 Å². The van der Waals surface area contributed by atoms with Gasteiger partial charge in [0, 0.05) is 56.9 Å². The summed E-state index contributed by atoms with van der Waals surface area (Å²) in [5, 5.41) is 8.03. The van der Waals surface area contributed by atoms with Crippen LogP contribution in [0.2, 0.25) is 0 Å². The Kier molecular flexibility index (Phi) is 10.8. The first kappa shape index (κ1) is 26.7. The van der Waals surface area contributed by atoms with Crippen molar-refractivity contribution in [1.82, 2.24) is 25.4 Å². The highest BCUT2D eigenvalue weighted by Crippen LogP contribution is 2.17. The van der Waals surface area contributed by atoms with E-state index >= 15 is 0 Å². The van der Waals surface area contributed by atoms with E-state index in [1.54, 1.807) is 19.0 Å². The number of likely N-dealkylation sites (tertiary alicyclic amines) is 1. The van der Waals surface area contributed by atoms with Crippen molar-refractivity contribution < 1.29 is 14.3 Å². The summed E-state index contributed by atoms with van der Waals surface area (Å²) in [6.07, 6.45) is 4.20. The molecule has 33 heavy (non-hydrogen) atoms. The number of fused-ring (bicyclic) bond motifs is 1. The van der Waals surface area contributed by atoms with Crippen molar-refractivity contribution in [1.29, 1.82) is 0 Å². The third-order valence-electron chi connectivity index (χ3n) is 5.59. The normalized spacial score (nSPS) is 14.5. The molecule has 1 fully saturated rings. The van der Waals surface area contributed by atoms with Crippen LogP contribution >= 0.6 is 24.0 Å². The van der Waals surface area contributed by atoms with Gasteiger partial charge in [0.1, 0.15) is 6.54 Å². The number of aromatic nitrogens is 1. The maximum Gasteiger partial charge on any atom is 0.409 e. The molecule has 1 aromatic heterocycles. The van der Waals surface area contributed by atoms with Gasteiger partial charge < -0.3 is 30.2 Å².